The van der Waals surface area contributed by atoms with E-state index in [1.54, 1.807) is 0 Å². The summed E-state index contributed by atoms with van der Waals surface area (Å²) in [5, 5.41) is 0. The fourth-order valence-corrected chi connectivity index (χ4v) is 2.13. The molecular weight excluding hydrogens is 228 g/mol. The number of hydrogen-bond acceptors (Lipinski definition) is 3. The van der Waals surface area contributed by atoms with Gasteiger partial charge in [0.1, 0.15) is 11.5 Å². The maximum Gasteiger partial charge on any atom is 0.174 e. The highest BCUT2D eigenvalue weighted by molar-refractivity contribution is 5.92. The van der Waals surface area contributed by atoms with Crippen LogP contribution in [0, 0.1) is 12.8 Å². The molecule has 0 aromatic heterocycles. The molecule has 96 valence electrons. The summed E-state index contributed by atoms with van der Waals surface area (Å²) in [5.74, 6) is 0.734. The Labute approximate surface area is 107 Å². The molecule has 0 N–H and O–H groups in total. The highest BCUT2D eigenvalue weighted by Crippen LogP contribution is 2.22. The van der Waals surface area contributed by atoms with Gasteiger partial charge in [-0.3, -0.25) is 9.59 Å². The summed E-state index contributed by atoms with van der Waals surface area (Å²) in [6.45, 7) is 3.81. The van der Waals surface area contributed by atoms with E-state index in [9.17, 15) is 9.59 Å². The van der Waals surface area contributed by atoms with Gasteiger partial charge in [-0.15, -0.1) is 0 Å². The van der Waals surface area contributed by atoms with Crippen molar-refractivity contribution in [2.75, 3.05) is 0 Å². The molecule has 2 unspecified atom stereocenters. The molecule has 0 heterocycles. The summed E-state index contributed by atoms with van der Waals surface area (Å²) in [6, 6.07) is 7.62. The maximum atomic E-state index is 12.0. The number of rotatable bonds is 2. The van der Waals surface area contributed by atoms with Crippen molar-refractivity contribution in [2.24, 2.45) is 5.92 Å². The lowest BCUT2D eigenvalue weighted by molar-refractivity contribution is -0.128. The van der Waals surface area contributed by atoms with Gasteiger partial charge in [0.15, 0.2) is 11.9 Å². The van der Waals surface area contributed by atoms with Gasteiger partial charge >= 0.3 is 0 Å². The van der Waals surface area contributed by atoms with Gasteiger partial charge in [-0.2, -0.15) is 0 Å². The first kappa shape index (κ1) is 12.8. The first-order valence-corrected chi connectivity index (χ1v) is 6.35. The van der Waals surface area contributed by atoms with Crippen LogP contribution in [0.1, 0.15) is 31.7 Å². The highest BCUT2D eigenvalue weighted by Gasteiger charge is 2.29. The molecule has 1 aliphatic rings. The molecule has 0 saturated heterocycles. The third-order valence-electron chi connectivity index (χ3n) is 3.37. The minimum atomic E-state index is -0.471. The van der Waals surface area contributed by atoms with Crippen molar-refractivity contribution in [3.8, 4) is 5.75 Å². The van der Waals surface area contributed by atoms with Crippen LogP contribution in [0.15, 0.2) is 24.3 Å². The van der Waals surface area contributed by atoms with E-state index in [1.807, 2.05) is 38.1 Å². The lowest BCUT2D eigenvalue weighted by Crippen LogP contribution is -2.26. The molecule has 3 heteroatoms. The van der Waals surface area contributed by atoms with E-state index in [0.717, 1.165) is 5.56 Å². The topological polar surface area (TPSA) is 43.4 Å². The summed E-state index contributed by atoms with van der Waals surface area (Å²) in [5.41, 5.74) is 1.15. The molecule has 1 aromatic rings. The SMILES string of the molecule is Cc1ccc(OC2CCC(=O)C(C)CC2=O)cc1. The minimum Gasteiger partial charge on any atom is -0.483 e. The molecule has 0 spiro atoms. The summed E-state index contributed by atoms with van der Waals surface area (Å²) >= 11 is 0. The fraction of sp³-hybridized carbons (Fsp3) is 0.467. The van der Waals surface area contributed by atoms with Crippen LogP contribution in [0.4, 0.5) is 0 Å². The molecule has 1 saturated carbocycles. The van der Waals surface area contributed by atoms with Gasteiger partial charge in [0, 0.05) is 18.8 Å². The van der Waals surface area contributed by atoms with E-state index in [2.05, 4.69) is 0 Å². The lowest BCUT2D eigenvalue weighted by Gasteiger charge is -2.15. The van der Waals surface area contributed by atoms with Crippen LogP contribution in [0.5, 0.6) is 5.75 Å². The van der Waals surface area contributed by atoms with Crippen LogP contribution < -0.4 is 4.74 Å². The molecule has 3 nitrogen and oxygen atoms in total. The summed E-state index contributed by atoms with van der Waals surface area (Å²) in [7, 11) is 0. The zero-order valence-corrected chi connectivity index (χ0v) is 10.8. The number of hydrogen-bond donors (Lipinski definition) is 0. The number of ketones is 2. The highest BCUT2D eigenvalue weighted by atomic mass is 16.5. The van der Waals surface area contributed by atoms with Crippen LogP contribution >= 0.6 is 0 Å². The Kier molecular flexibility index (Phi) is 3.80. The van der Waals surface area contributed by atoms with E-state index in [0.29, 0.717) is 25.0 Å². The Balaban J connectivity index is 2.06. The van der Waals surface area contributed by atoms with E-state index < -0.39 is 6.10 Å². The van der Waals surface area contributed by atoms with E-state index in [1.165, 1.54) is 0 Å². The first-order valence-electron chi connectivity index (χ1n) is 6.35. The zero-order valence-electron chi connectivity index (χ0n) is 10.8. The van der Waals surface area contributed by atoms with Gasteiger partial charge in [0.2, 0.25) is 0 Å². The van der Waals surface area contributed by atoms with Gasteiger partial charge in [-0.25, -0.2) is 0 Å². The molecule has 0 aliphatic heterocycles. The Bertz CT molecular complexity index is 447. The second-order valence-corrected chi connectivity index (χ2v) is 5.00. The Morgan fingerprint density at radius 2 is 1.78 bits per heavy atom. The van der Waals surface area contributed by atoms with Crippen molar-refractivity contribution < 1.29 is 14.3 Å². The van der Waals surface area contributed by atoms with Crippen molar-refractivity contribution in [2.45, 2.75) is 39.2 Å². The van der Waals surface area contributed by atoms with Gasteiger partial charge in [0.25, 0.3) is 0 Å². The monoisotopic (exact) mass is 246 g/mol. The van der Waals surface area contributed by atoms with E-state index >= 15 is 0 Å². The van der Waals surface area contributed by atoms with Crippen LogP contribution in [0.25, 0.3) is 0 Å². The molecule has 0 bridgehead atoms. The first-order chi connectivity index (χ1) is 8.56. The molecule has 2 atom stereocenters. The summed E-state index contributed by atoms with van der Waals surface area (Å²) in [4.78, 5) is 23.6. The van der Waals surface area contributed by atoms with Gasteiger partial charge < -0.3 is 4.74 Å². The minimum absolute atomic E-state index is 0.0360. The standard InChI is InChI=1S/C15H18O3/c1-10-3-5-12(6-4-10)18-15-8-7-13(16)11(2)9-14(15)17/h3-6,11,15H,7-9H2,1-2H3. The average molecular weight is 246 g/mol. The Morgan fingerprint density at radius 3 is 2.44 bits per heavy atom. The fourth-order valence-electron chi connectivity index (χ4n) is 2.13. The normalized spacial score (nSPS) is 24.8. The van der Waals surface area contributed by atoms with Crippen LogP contribution in [0.2, 0.25) is 0 Å². The summed E-state index contributed by atoms with van der Waals surface area (Å²) < 4.78 is 5.70. The van der Waals surface area contributed by atoms with Gasteiger partial charge in [0.05, 0.1) is 0 Å². The zero-order chi connectivity index (χ0) is 13.1. The molecule has 1 fully saturated rings. The number of Topliss-reactive ketones (excluding diaryl/α,β-unsaturated/α-hetero) is 2. The van der Waals surface area contributed by atoms with Crippen molar-refractivity contribution in [3.05, 3.63) is 29.8 Å². The predicted octanol–water partition coefficient (Wildman–Crippen LogP) is 2.70. The van der Waals surface area contributed by atoms with Crippen LogP contribution in [-0.2, 0) is 9.59 Å². The Hall–Kier alpha value is -1.64. The molecular formula is C15H18O3. The number of carbonyl (C=O) groups is 2. The number of carbonyl (C=O) groups excluding carboxylic acids is 2. The smallest absolute Gasteiger partial charge is 0.174 e. The number of aryl methyl sites for hydroxylation is 1. The Morgan fingerprint density at radius 1 is 1.11 bits per heavy atom. The van der Waals surface area contributed by atoms with Gasteiger partial charge in [-0.1, -0.05) is 24.6 Å². The lowest BCUT2D eigenvalue weighted by atomic mass is 10.0. The molecule has 0 radical (unpaired) electrons. The van der Waals surface area contributed by atoms with Crippen molar-refractivity contribution >= 4 is 11.6 Å². The maximum absolute atomic E-state index is 12.0. The number of benzene rings is 1. The number of ether oxygens (including phenoxy) is 1. The largest absolute Gasteiger partial charge is 0.483 e. The van der Waals surface area contributed by atoms with Crippen LogP contribution in [0.3, 0.4) is 0 Å². The molecule has 2 rings (SSSR count). The van der Waals surface area contributed by atoms with Crippen LogP contribution in [-0.4, -0.2) is 17.7 Å². The summed E-state index contributed by atoms with van der Waals surface area (Å²) in [6.07, 6.45) is 0.760. The van der Waals surface area contributed by atoms with E-state index in [-0.39, 0.29) is 17.5 Å². The van der Waals surface area contributed by atoms with Crippen molar-refractivity contribution in [1.29, 1.82) is 0 Å². The average Bonchev–Trinajstić information content (AvgIpc) is 2.46. The second-order valence-electron chi connectivity index (χ2n) is 5.00. The van der Waals surface area contributed by atoms with Crippen molar-refractivity contribution in [1.82, 2.24) is 0 Å². The molecule has 1 aliphatic carbocycles. The quantitative estimate of drug-likeness (QED) is 0.753. The molecule has 0 amide bonds. The molecule has 18 heavy (non-hydrogen) atoms. The third kappa shape index (κ3) is 2.97. The second kappa shape index (κ2) is 5.34. The predicted molar refractivity (Wildman–Crippen MR) is 68.6 cm³/mol. The third-order valence-corrected chi connectivity index (χ3v) is 3.37. The molecule has 1 aromatic carbocycles. The van der Waals surface area contributed by atoms with E-state index in [4.69, 9.17) is 4.74 Å². The van der Waals surface area contributed by atoms with Gasteiger partial charge in [-0.05, 0) is 25.5 Å². The van der Waals surface area contributed by atoms with Crippen molar-refractivity contribution in [3.63, 3.8) is 0 Å².